The second-order valence-electron chi connectivity index (χ2n) is 5.18. The summed E-state index contributed by atoms with van der Waals surface area (Å²) in [6.45, 7) is 2.84. The average molecular weight is 314 g/mol. The Morgan fingerprint density at radius 3 is 2.70 bits per heavy atom. The van der Waals surface area contributed by atoms with Gasteiger partial charge in [0.2, 0.25) is 5.91 Å². The van der Waals surface area contributed by atoms with Crippen molar-refractivity contribution < 1.29 is 9.90 Å². The number of hydrogen-bond acceptors (Lipinski definition) is 2. The van der Waals surface area contributed by atoms with E-state index in [1.807, 2.05) is 6.92 Å². The van der Waals surface area contributed by atoms with Crippen molar-refractivity contribution >= 4 is 35.2 Å². The molecule has 1 aliphatic heterocycles. The minimum atomic E-state index is -0.693. The fraction of sp³-hybridized carbons (Fsp3) is 0.400. The van der Waals surface area contributed by atoms with E-state index >= 15 is 0 Å². The third-order valence-electron chi connectivity index (χ3n) is 3.36. The maximum Gasteiger partial charge on any atom is 0.246 e. The maximum absolute atomic E-state index is 11.9. The second kappa shape index (κ2) is 6.17. The van der Waals surface area contributed by atoms with Gasteiger partial charge in [0.1, 0.15) is 0 Å². The number of hydrogen-bond donors (Lipinski definition) is 1. The molecule has 108 valence electrons. The van der Waals surface area contributed by atoms with Crippen LogP contribution in [0, 0.1) is 0 Å². The van der Waals surface area contributed by atoms with E-state index in [-0.39, 0.29) is 5.91 Å². The molecule has 1 N–H and O–H groups in total. The monoisotopic (exact) mass is 313 g/mol. The molecule has 0 saturated carbocycles. The van der Waals surface area contributed by atoms with Gasteiger partial charge in [-0.25, -0.2) is 0 Å². The van der Waals surface area contributed by atoms with Crippen molar-refractivity contribution in [2.75, 3.05) is 13.1 Å². The van der Waals surface area contributed by atoms with E-state index in [0.717, 1.165) is 18.4 Å². The molecule has 1 amide bonds. The SMILES string of the molecule is CCCC1(O)CN(C(=O)C=Cc2ccc(Cl)c(Cl)c2)C1. The number of rotatable bonds is 4. The molecule has 0 aromatic heterocycles. The first-order chi connectivity index (χ1) is 9.43. The first-order valence-electron chi connectivity index (χ1n) is 6.58. The van der Waals surface area contributed by atoms with Crippen molar-refractivity contribution in [2.45, 2.75) is 25.4 Å². The Morgan fingerprint density at radius 2 is 2.10 bits per heavy atom. The molecule has 1 aliphatic rings. The van der Waals surface area contributed by atoms with E-state index in [1.165, 1.54) is 6.08 Å². The lowest BCUT2D eigenvalue weighted by Gasteiger charge is -2.46. The predicted molar refractivity (Wildman–Crippen MR) is 81.9 cm³/mol. The second-order valence-corrected chi connectivity index (χ2v) is 5.99. The van der Waals surface area contributed by atoms with Gasteiger partial charge in [0.05, 0.1) is 28.7 Å². The van der Waals surface area contributed by atoms with Crippen LogP contribution in [0.25, 0.3) is 6.08 Å². The van der Waals surface area contributed by atoms with Crippen molar-refractivity contribution in [1.29, 1.82) is 0 Å². The zero-order valence-electron chi connectivity index (χ0n) is 11.3. The van der Waals surface area contributed by atoms with Gasteiger partial charge in [0.15, 0.2) is 0 Å². The summed E-state index contributed by atoms with van der Waals surface area (Å²) in [6, 6.07) is 5.19. The highest BCUT2D eigenvalue weighted by atomic mass is 35.5. The lowest BCUT2D eigenvalue weighted by Crippen LogP contribution is -2.63. The number of likely N-dealkylation sites (tertiary alicyclic amines) is 1. The lowest BCUT2D eigenvalue weighted by atomic mass is 9.89. The number of benzene rings is 1. The minimum Gasteiger partial charge on any atom is -0.386 e. The first kappa shape index (κ1) is 15.4. The Hall–Kier alpha value is -1.03. The summed E-state index contributed by atoms with van der Waals surface area (Å²) in [7, 11) is 0. The quantitative estimate of drug-likeness (QED) is 0.866. The van der Waals surface area contributed by atoms with Gasteiger partial charge in [0, 0.05) is 6.08 Å². The molecule has 1 aromatic carbocycles. The van der Waals surface area contributed by atoms with Crippen LogP contribution in [0.3, 0.4) is 0 Å². The lowest BCUT2D eigenvalue weighted by molar-refractivity contribution is -0.151. The first-order valence-corrected chi connectivity index (χ1v) is 7.33. The standard InChI is InChI=1S/C15H17Cl2NO2/c1-2-7-15(20)9-18(10-15)14(19)6-4-11-3-5-12(16)13(17)8-11/h3-6,8,20H,2,7,9-10H2,1H3. The molecule has 20 heavy (non-hydrogen) atoms. The summed E-state index contributed by atoms with van der Waals surface area (Å²) in [4.78, 5) is 13.5. The Labute approximate surface area is 128 Å². The number of amides is 1. The predicted octanol–water partition coefficient (Wildman–Crippen LogP) is 3.38. The Bertz CT molecular complexity index is 537. The van der Waals surface area contributed by atoms with E-state index in [2.05, 4.69) is 0 Å². The van der Waals surface area contributed by atoms with Crippen LogP contribution in [0.4, 0.5) is 0 Å². The van der Waals surface area contributed by atoms with Gasteiger partial charge in [-0.3, -0.25) is 4.79 Å². The van der Waals surface area contributed by atoms with Crippen LogP contribution < -0.4 is 0 Å². The molecule has 5 heteroatoms. The summed E-state index contributed by atoms with van der Waals surface area (Å²) in [6.07, 6.45) is 4.83. The number of aliphatic hydroxyl groups is 1. The molecular weight excluding hydrogens is 297 g/mol. The zero-order valence-corrected chi connectivity index (χ0v) is 12.8. The number of carbonyl (C=O) groups is 1. The van der Waals surface area contributed by atoms with Crippen molar-refractivity contribution in [1.82, 2.24) is 4.90 Å². The molecule has 0 unspecified atom stereocenters. The minimum absolute atomic E-state index is 0.100. The van der Waals surface area contributed by atoms with E-state index < -0.39 is 5.60 Å². The number of β-amino-alcohol motifs (C(OH)–C–C–N with tert-alkyl or cyclic N) is 1. The van der Waals surface area contributed by atoms with E-state index in [1.54, 1.807) is 29.2 Å². The molecule has 0 spiro atoms. The molecule has 1 heterocycles. The zero-order chi connectivity index (χ0) is 14.8. The van der Waals surface area contributed by atoms with Gasteiger partial charge in [-0.05, 0) is 30.2 Å². The van der Waals surface area contributed by atoms with E-state index in [9.17, 15) is 9.90 Å². The van der Waals surface area contributed by atoms with Crippen LogP contribution in [-0.4, -0.2) is 34.6 Å². The van der Waals surface area contributed by atoms with Gasteiger partial charge in [-0.15, -0.1) is 0 Å². The fourth-order valence-electron chi connectivity index (χ4n) is 2.33. The Kier molecular flexibility index (Phi) is 4.74. The van der Waals surface area contributed by atoms with Crippen molar-refractivity contribution in [3.8, 4) is 0 Å². The summed E-state index contributed by atoms with van der Waals surface area (Å²) >= 11 is 11.7. The fourth-order valence-corrected chi connectivity index (χ4v) is 2.64. The summed E-state index contributed by atoms with van der Waals surface area (Å²) in [5.74, 6) is -0.100. The maximum atomic E-state index is 11.9. The largest absolute Gasteiger partial charge is 0.386 e. The number of nitrogens with zero attached hydrogens (tertiary/aromatic N) is 1. The molecule has 0 radical (unpaired) electrons. The van der Waals surface area contributed by atoms with E-state index in [4.69, 9.17) is 23.2 Å². The summed E-state index contributed by atoms with van der Waals surface area (Å²) in [5.41, 5.74) is 0.124. The van der Waals surface area contributed by atoms with Crippen LogP contribution in [0.1, 0.15) is 25.3 Å². The third kappa shape index (κ3) is 3.54. The topological polar surface area (TPSA) is 40.5 Å². The van der Waals surface area contributed by atoms with Gasteiger partial charge in [-0.2, -0.15) is 0 Å². The highest BCUT2D eigenvalue weighted by molar-refractivity contribution is 6.42. The smallest absolute Gasteiger partial charge is 0.246 e. The Balaban J connectivity index is 1.92. The van der Waals surface area contributed by atoms with Crippen LogP contribution in [-0.2, 0) is 4.79 Å². The average Bonchev–Trinajstić information content (AvgIpc) is 2.37. The molecule has 2 rings (SSSR count). The van der Waals surface area contributed by atoms with Gasteiger partial charge in [-0.1, -0.05) is 42.6 Å². The molecular formula is C15H17Cl2NO2. The molecule has 0 aliphatic carbocycles. The molecule has 1 fully saturated rings. The molecule has 0 bridgehead atoms. The molecule has 1 saturated heterocycles. The van der Waals surface area contributed by atoms with Gasteiger partial charge >= 0.3 is 0 Å². The van der Waals surface area contributed by atoms with Crippen LogP contribution in [0.15, 0.2) is 24.3 Å². The molecule has 0 atom stereocenters. The van der Waals surface area contributed by atoms with Gasteiger partial charge < -0.3 is 10.0 Å². The molecule has 1 aromatic rings. The van der Waals surface area contributed by atoms with Crippen LogP contribution in [0.5, 0.6) is 0 Å². The molecule has 3 nitrogen and oxygen atoms in total. The third-order valence-corrected chi connectivity index (χ3v) is 4.10. The van der Waals surface area contributed by atoms with Crippen molar-refractivity contribution in [3.05, 3.63) is 39.9 Å². The summed E-state index contributed by atoms with van der Waals surface area (Å²) in [5, 5.41) is 11.0. The van der Waals surface area contributed by atoms with Crippen LogP contribution >= 0.6 is 23.2 Å². The highest BCUT2D eigenvalue weighted by Crippen LogP contribution is 2.26. The van der Waals surface area contributed by atoms with Gasteiger partial charge in [0.25, 0.3) is 0 Å². The highest BCUT2D eigenvalue weighted by Gasteiger charge is 2.41. The normalized spacial score (nSPS) is 17.3. The number of halogens is 2. The van der Waals surface area contributed by atoms with E-state index in [0.29, 0.717) is 23.1 Å². The Morgan fingerprint density at radius 1 is 1.40 bits per heavy atom. The summed E-state index contributed by atoms with van der Waals surface area (Å²) < 4.78 is 0. The van der Waals surface area contributed by atoms with Crippen molar-refractivity contribution in [2.24, 2.45) is 0 Å². The van der Waals surface area contributed by atoms with Crippen LogP contribution in [0.2, 0.25) is 10.0 Å². The number of carbonyl (C=O) groups excluding carboxylic acids is 1. The van der Waals surface area contributed by atoms with Crippen molar-refractivity contribution in [3.63, 3.8) is 0 Å².